The summed E-state index contributed by atoms with van der Waals surface area (Å²) < 4.78 is 0. The van der Waals surface area contributed by atoms with Gasteiger partial charge in [0.2, 0.25) is 5.91 Å². The number of nitrogens with zero attached hydrogens (tertiary/aromatic N) is 1. The van der Waals surface area contributed by atoms with Gasteiger partial charge in [-0.25, -0.2) is 0 Å². The van der Waals surface area contributed by atoms with Crippen molar-refractivity contribution in [2.75, 3.05) is 32.7 Å². The maximum absolute atomic E-state index is 11.2. The molecule has 1 heterocycles. The summed E-state index contributed by atoms with van der Waals surface area (Å²) >= 11 is 0. The maximum Gasteiger partial charge on any atom is 0.221 e. The molecule has 0 aromatic heterocycles. The highest BCUT2D eigenvalue weighted by Crippen LogP contribution is 2.15. The number of carbonyl (C=O) groups excluding carboxylic acids is 1. The number of hydrogen-bond acceptors (Lipinski definition) is 3. The van der Waals surface area contributed by atoms with E-state index in [-0.39, 0.29) is 5.91 Å². The molecule has 0 unspecified atom stereocenters. The summed E-state index contributed by atoms with van der Waals surface area (Å²) in [7, 11) is 0. The Morgan fingerprint density at radius 2 is 2.13 bits per heavy atom. The van der Waals surface area contributed by atoms with Gasteiger partial charge in [-0.3, -0.25) is 4.79 Å². The molecule has 1 rings (SSSR count). The Morgan fingerprint density at radius 3 is 2.67 bits per heavy atom. The van der Waals surface area contributed by atoms with Crippen LogP contribution in [0.3, 0.4) is 0 Å². The van der Waals surface area contributed by atoms with Crippen LogP contribution in [0, 0.1) is 5.92 Å². The average Bonchev–Trinajstić information content (AvgIpc) is 2.27. The molecular formula is C11H23N3O. The molecule has 3 N–H and O–H groups in total. The van der Waals surface area contributed by atoms with E-state index in [0.717, 1.165) is 32.7 Å². The van der Waals surface area contributed by atoms with E-state index in [4.69, 9.17) is 5.73 Å². The SMILES string of the molecule is CCNC(=O)CCN1CCC(CN)CC1. The van der Waals surface area contributed by atoms with Crippen LogP contribution < -0.4 is 11.1 Å². The highest BCUT2D eigenvalue weighted by Gasteiger charge is 2.17. The van der Waals surface area contributed by atoms with Crippen LogP contribution in [0.4, 0.5) is 0 Å². The van der Waals surface area contributed by atoms with Gasteiger partial charge in [-0.1, -0.05) is 0 Å². The van der Waals surface area contributed by atoms with Gasteiger partial charge in [-0.05, 0) is 45.3 Å². The molecule has 0 spiro atoms. The lowest BCUT2D eigenvalue weighted by molar-refractivity contribution is -0.121. The summed E-state index contributed by atoms with van der Waals surface area (Å²) in [6.07, 6.45) is 3.00. The molecule has 0 radical (unpaired) electrons. The summed E-state index contributed by atoms with van der Waals surface area (Å²) in [4.78, 5) is 13.6. The van der Waals surface area contributed by atoms with Gasteiger partial charge >= 0.3 is 0 Å². The molecule has 15 heavy (non-hydrogen) atoms. The fraction of sp³-hybridized carbons (Fsp3) is 0.909. The van der Waals surface area contributed by atoms with Crippen molar-refractivity contribution in [3.05, 3.63) is 0 Å². The number of piperidine rings is 1. The fourth-order valence-electron chi connectivity index (χ4n) is 1.99. The molecule has 0 bridgehead atoms. The van der Waals surface area contributed by atoms with Crippen LogP contribution in [0.2, 0.25) is 0 Å². The van der Waals surface area contributed by atoms with Gasteiger partial charge in [0, 0.05) is 19.5 Å². The molecule has 1 aliphatic heterocycles. The maximum atomic E-state index is 11.2. The second kappa shape index (κ2) is 6.80. The predicted molar refractivity (Wildman–Crippen MR) is 61.5 cm³/mol. The lowest BCUT2D eigenvalue weighted by Gasteiger charge is -2.31. The molecule has 88 valence electrons. The van der Waals surface area contributed by atoms with Gasteiger partial charge in [0.15, 0.2) is 0 Å². The van der Waals surface area contributed by atoms with Crippen molar-refractivity contribution in [3.63, 3.8) is 0 Å². The first-order valence-electron chi connectivity index (χ1n) is 5.95. The minimum absolute atomic E-state index is 0.165. The van der Waals surface area contributed by atoms with Crippen LogP contribution in [-0.4, -0.2) is 43.5 Å². The second-order valence-corrected chi connectivity index (χ2v) is 4.22. The third kappa shape index (κ3) is 4.62. The first-order valence-corrected chi connectivity index (χ1v) is 5.95. The molecule has 4 nitrogen and oxygen atoms in total. The van der Waals surface area contributed by atoms with Crippen molar-refractivity contribution in [1.82, 2.24) is 10.2 Å². The number of likely N-dealkylation sites (tertiary alicyclic amines) is 1. The van der Waals surface area contributed by atoms with E-state index >= 15 is 0 Å². The third-order valence-corrected chi connectivity index (χ3v) is 3.07. The van der Waals surface area contributed by atoms with Gasteiger partial charge in [0.1, 0.15) is 0 Å². The van der Waals surface area contributed by atoms with Crippen molar-refractivity contribution >= 4 is 5.91 Å². The zero-order valence-corrected chi connectivity index (χ0v) is 9.67. The van der Waals surface area contributed by atoms with E-state index in [1.54, 1.807) is 0 Å². The summed E-state index contributed by atoms with van der Waals surface area (Å²) in [6, 6.07) is 0. The number of rotatable bonds is 5. The minimum Gasteiger partial charge on any atom is -0.356 e. The lowest BCUT2D eigenvalue weighted by Crippen LogP contribution is -2.38. The second-order valence-electron chi connectivity index (χ2n) is 4.22. The van der Waals surface area contributed by atoms with Crippen molar-refractivity contribution in [2.45, 2.75) is 26.2 Å². The van der Waals surface area contributed by atoms with Gasteiger partial charge in [-0.2, -0.15) is 0 Å². The smallest absolute Gasteiger partial charge is 0.221 e. The Kier molecular flexibility index (Phi) is 5.65. The Morgan fingerprint density at radius 1 is 1.47 bits per heavy atom. The summed E-state index contributed by atoms with van der Waals surface area (Å²) in [5, 5.41) is 2.82. The lowest BCUT2D eigenvalue weighted by atomic mass is 9.97. The minimum atomic E-state index is 0.165. The van der Waals surface area contributed by atoms with Gasteiger partial charge in [-0.15, -0.1) is 0 Å². The molecule has 0 aliphatic carbocycles. The highest BCUT2D eigenvalue weighted by molar-refractivity contribution is 5.75. The Labute approximate surface area is 92.2 Å². The van der Waals surface area contributed by atoms with E-state index < -0.39 is 0 Å². The van der Waals surface area contributed by atoms with Crippen molar-refractivity contribution in [3.8, 4) is 0 Å². The average molecular weight is 213 g/mol. The van der Waals surface area contributed by atoms with Crippen LogP contribution in [0.5, 0.6) is 0 Å². The topological polar surface area (TPSA) is 58.4 Å². The predicted octanol–water partition coefficient (Wildman–Crippen LogP) is 0.183. The number of amides is 1. The van der Waals surface area contributed by atoms with E-state index in [1.165, 1.54) is 12.8 Å². The zero-order chi connectivity index (χ0) is 11.1. The zero-order valence-electron chi connectivity index (χ0n) is 9.67. The number of hydrogen-bond donors (Lipinski definition) is 2. The first kappa shape index (κ1) is 12.5. The van der Waals surface area contributed by atoms with Crippen LogP contribution in [-0.2, 0) is 4.79 Å². The Hall–Kier alpha value is -0.610. The highest BCUT2D eigenvalue weighted by atomic mass is 16.1. The molecule has 0 atom stereocenters. The quantitative estimate of drug-likeness (QED) is 0.685. The van der Waals surface area contributed by atoms with Crippen LogP contribution in [0.1, 0.15) is 26.2 Å². The molecule has 1 saturated heterocycles. The van der Waals surface area contributed by atoms with Gasteiger partial charge < -0.3 is 16.0 Å². The van der Waals surface area contributed by atoms with Gasteiger partial charge in [0.25, 0.3) is 0 Å². The Balaban J connectivity index is 2.10. The molecule has 0 aromatic carbocycles. The van der Waals surface area contributed by atoms with Crippen LogP contribution in [0.25, 0.3) is 0 Å². The van der Waals surface area contributed by atoms with Crippen LogP contribution >= 0.6 is 0 Å². The molecule has 1 fully saturated rings. The molecule has 1 amide bonds. The molecule has 1 aliphatic rings. The van der Waals surface area contributed by atoms with E-state index in [9.17, 15) is 4.79 Å². The van der Waals surface area contributed by atoms with Crippen LogP contribution in [0.15, 0.2) is 0 Å². The van der Waals surface area contributed by atoms with E-state index in [2.05, 4.69) is 10.2 Å². The van der Waals surface area contributed by atoms with Crippen molar-refractivity contribution in [2.24, 2.45) is 11.7 Å². The molecule has 0 saturated carbocycles. The summed E-state index contributed by atoms with van der Waals surface area (Å²) in [5.74, 6) is 0.865. The van der Waals surface area contributed by atoms with E-state index in [1.807, 2.05) is 6.92 Å². The van der Waals surface area contributed by atoms with Gasteiger partial charge in [0.05, 0.1) is 0 Å². The molecule has 0 aromatic rings. The normalized spacial score (nSPS) is 19.1. The summed E-state index contributed by atoms with van der Waals surface area (Å²) in [6.45, 7) is 6.58. The third-order valence-electron chi connectivity index (χ3n) is 3.07. The largest absolute Gasteiger partial charge is 0.356 e. The monoisotopic (exact) mass is 213 g/mol. The number of nitrogens with two attached hydrogens (primary N) is 1. The number of carbonyl (C=O) groups is 1. The Bertz CT molecular complexity index is 188. The summed E-state index contributed by atoms with van der Waals surface area (Å²) in [5.41, 5.74) is 5.63. The van der Waals surface area contributed by atoms with Crippen molar-refractivity contribution < 1.29 is 4.79 Å². The molecule has 4 heteroatoms. The first-order chi connectivity index (χ1) is 7.26. The van der Waals surface area contributed by atoms with E-state index in [0.29, 0.717) is 12.3 Å². The number of nitrogens with one attached hydrogen (secondary N) is 1. The van der Waals surface area contributed by atoms with Crippen molar-refractivity contribution in [1.29, 1.82) is 0 Å². The standard InChI is InChI=1S/C11H23N3O/c1-2-13-11(15)5-8-14-6-3-10(9-12)4-7-14/h10H,2-9,12H2,1H3,(H,13,15). The fourth-order valence-corrected chi connectivity index (χ4v) is 1.99. The molecular weight excluding hydrogens is 190 g/mol.